The van der Waals surface area contributed by atoms with Crippen LogP contribution in [0.15, 0.2) is 42.5 Å². The van der Waals surface area contributed by atoms with Gasteiger partial charge >= 0.3 is 0 Å². The van der Waals surface area contributed by atoms with Gasteiger partial charge in [-0.2, -0.15) is 0 Å². The van der Waals surface area contributed by atoms with Crippen molar-refractivity contribution in [2.75, 3.05) is 23.3 Å². The molecule has 1 saturated heterocycles. The van der Waals surface area contributed by atoms with Crippen molar-refractivity contribution in [3.63, 3.8) is 0 Å². The van der Waals surface area contributed by atoms with Gasteiger partial charge in [0.2, 0.25) is 0 Å². The Morgan fingerprint density at radius 3 is 2.41 bits per heavy atom. The largest absolute Gasteiger partial charge is 0.491 e. The number of halogens is 1. The maximum Gasteiger partial charge on any atom is 0.255 e. The molecule has 2 aromatic rings. The lowest BCUT2D eigenvalue weighted by Gasteiger charge is -2.32. The van der Waals surface area contributed by atoms with E-state index in [1.807, 2.05) is 44.2 Å². The van der Waals surface area contributed by atoms with E-state index in [1.54, 1.807) is 12.1 Å². The highest BCUT2D eigenvalue weighted by molar-refractivity contribution is 6.33. The number of amides is 1. The van der Waals surface area contributed by atoms with Crippen LogP contribution in [0.1, 0.15) is 44.0 Å². The van der Waals surface area contributed by atoms with Gasteiger partial charge in [-0.05, 0) is 75.1 Å². The Morgan fingerprint density at radius 2 is 1.81 bits per heavy atom. The predicted octanol–water partition coefficient (Wildman–Crippen LogP) is 5.62. The average molecular weight is 387 g/mol. The second kappa shape index (κ2) is 8.66. The SMILES string of the molecule is CC1CCN(c2ccc(NC(=O)c3ccc(OC(C)C)cc3)cc2Cl)CC1. The molecule has 1 aliphatic heterocycles. The number of carbonyl (C=O) groups is 1. The van der Waals surface area contributed by atoms with Crippen molar-refractivity contribution in [3.8, 4) is 5.75 Å². The molecule has 3 rings (SSSR count). The molecule has 0 spiro atoms. The van der Waals surface area contributed by atoms with E-state index in [1.165, 1.54) is 12.8 Å². The fourth-order valence-corrected chi connectivity index (χ4v) is 3.55. The van der Waals surface area contributed by atoms with E-state index in [0.717, 1.165) is 30.4 Å². The molecular formula is C22H27ClN2O2. The summed E-state index contributed by atoms with van der Waals surface area (Å²) in [7, 11) is 0. The van der Waals surface area contributed by atoms with Crippen molar-refractivity contribution < 1.29 is 9.53 Å². The molecule has 1 N–H and O–H groups in total. The van der Waals surface area contributed by atoms with Crippen LogP contribution in [0.5, 0.6) is 5.75 Å². The first kappa shape index (κ1) is 19.6. The van der Waals surface area contributed by atoms with Gasteiger partial charge < -0.3 is 15.0 Å². The summed E-state index contributed by atoms with van der Waals surface area (Å²) in [4.78, 5) is 14.8. The van der Waals surface area contributed by atoms with Crippen LogP contribution in [-0.2, 0) is 0 Å². The molecule has 144 valence electrons. The molecule has 0 radical (unpaired) electrons. The van der Waals surface area contributed by atoms with E-state index in [0.29, 0.717) is 16.3 Å². The molecule has 1 amide bonds. The van der Waals surface area contributed by atoms with E-state index >= 15 is 0 Å². The van der Waals surface area contributed by atoms with Crippen molar-refractivity contribution in [1.29, 1.82) is 0 Å². The number of piperidine rings is 1. The van der Waals surface area contributed by atoms with Gasteiger partial charge in [-0.25, -0.2) is 0 Å². The van der Waals surface area contributed by atoms with Gasteiger partial charge in [0.25, 0.3) is 5.91 Å². The highest BCUT2D eigenvalue weighted by Gasteiger charge is 2.18. The number of nitrogens with zero attached hydrogens (tertiary/aromatic N) is 1. The topological polar surface area (TPSA) is 41.6 Å². The van der Waals surface area contributed by atoms with Gasteiger partial charge in [-0.15, -0.1) is 0 Å². The Bertz CT molecular complexity index is 781. The molecule has 1 aliphatic rings. The molecule has 0 aromatic heterocycles. The third-order valence-electron chi connectivity index (χ3n) is 4.82. The van der Waals surface area contributed by atoms with E-state index in [4.69, 9.17) is 16.3 Å². The molecule has 5 heteroatoms. The van der Waals surface area contributed by atoms with Crippen LogP contribution in [-0.4, -0.2) is 25.1 Å². The summed E-state index contributed by atoms with van der Waals surface area (Å²) in [5.41, 5.74) is 2.31. The molecule has 0 saturated carbocycles. The smallest absolute Gasteiger partial charge is 0.255 e. The maximum absolute atomic E-state index is 12.5. The van der Waals surface area contributed by atoms with E-state index in [2.05, 4.69) is 17.1 Å². The lowest BCUT2D eigenvalue weighted by Crippen LogP contribution is -2.32. The zero-order chi connectivity index (χ0) is 19.4. The third kappa shape index (κ3) is 5.16. The maximum atomic E-state index is 12.5. The van der Waals surface area contributed by atoms with Gasteiger partial charge in [0.05, 0.1) is 16.8 Å². The fraction of sp³-hybridized carbons (Fsp3) is 0.409. The minimum absolute atomic E-state index is 0.105. The first-order valence-corrected chi connectivity index (χ1v) is 9.92. The number of hydrogen-bond donors (Lipinski definition) is 1. The minimum Gasteiger partial charge on any atom is -0.491 e. The lowest BCUT2D eigenvalue weighted by molar-refractivity contribution is 0.102. The number of benzene rings is 2. The van der Waals surface area contributed by atoms with Crippen LogP contribution in [0.4, 0.5) is 11.4 Å². The van der Waals surface area contributed by atoms with Gasteiger partial charge in [0.1, 0.15) is 5.75 Å². The zero-order valence-corrected chi connectivity index (χ0v) is 16.9. The monoisotopic (exact) mass is 386 g/mol. The number of rotatable bonds is 5. The van der Waals surface area contributed by atoms with Gasteiger partial charge in [-0.1, -0.05) is 18.5 Å². The average Bonchev–Trinajstić information content (AvgIpc) is 2.63. The quantitative estimate of drug-likeness (QED) is 0.725. The van der Waals surface area contributed by atoms with Crippen LogP contribution in [0.3, 0.4) is 0 Å². The summed E-state index contributed by atoms with van der Waals surface area (Å²) in [6.07, 6.45) is 2.48. The van der Waals surface area contributed by atoms with Gasteiger partial charge in [0.15, 0.2) is 0 Å². The standard InChI is InChI=1S/C22H27ClN2O2/c1-15(2)27-19-7-4-17(5-8-19)22(26)24-18-6-9-21(20(23)14-18)25-12-10-16(3)11-13-25/h4-9,14-16H,10-13H2,1-3H3,(H,24,26). The van der Waals surface area contributed by atoms with Crippen molar-refractivity contribution in [2.24, 2.45) is 5.92 Å². The van der Waals surface area contributed by atoms with Crippen molar-refractivity contribution in [2.45, 2.75) is 39.7 Å². The Balaban J connectivity index is 1.65. The first-order chi connectivity index (χ1) is 12.9. The van der Waals surface area contributed by atoms with Crippen molar-refractivity contribution in [1.82, 2.24) is 0 Å². The Morgan fingerprint density at radius 1 is 1.15 bits per heavy atom. The number of hydrogen-bond acceptors (Lipinski definition) is 3. The highest BCUT2D eigenvalue weighted by atomic mass is 35.5. The van der Waals surface area contributed by atoms with E-state index in [9.17, 15) is 4.79 Å². The number of ether oxygens (including phenoxy) is 1. The Hall–Kier alpha value is -2.20. The molecule has 0 unspecified atom stereocenters. The summed E-state index contributed by atoms with van der Waals surface area (Å²) >= 11 is 6.49. The molecule has 2 aromatic carbocycles. The van der Waals surface area contributed by atoms with E-state index in [-0.39, 0.29) is 12.0 Å². The highest BCUT2D eigenvalue weighted by Crippen LogP contribution is 2.32. The molecule has 4 nitrogen and oxygen atoms in total. The summed E-state index contributed by atoms with van der Waals surface area (Å²) in [6.45, 7) is 8.28. The summed E-state index contributed by atoms with van der Waals surface area (Å²) in [6, 6.07) is 12.9. The van der Waals surface area contributed by atoms with Gasteiger partial charge in [-0.3, -0.25) is 4.79 Å². The van der Waals surface area contributed by atoms with Crippen LogP contribution < -0.4 is 15.0 Å². The Labute approximate surface area is 166 Å². The second-order valence-corrected chi connectivity index (χ2v) is 7.89. The number of anilines is 2. The summed E-state index contributed by atoms with van der Waals surface area (Å²) < 4.78 is 5.61. The fourth-order valence-electron chi connectivity index (χ4n) is 3.25. The van der Waals surface area contributed by atoms with Crippen LogP contribution in [0.25, 0.3) is 0 Å². The zero-order valence-electron chi connectivity index (χ0n) is 16.2. The third-order valence-corrected chi connectivity index (χ3v) is 5.12. The minimum atomic E-state index is -0.165. The van der Waals surface area contributed by atoms with Crippen LogP contribution >= 0.6 is 11.6 Å². The lowest BCUT2D eigenvalue weighted by atomic mass is 9.99. The molecule has 27 heavy (non-hydrogen) atoms. The normalized spacial score (nSPS) is 15.1. The second-order valence-electron chi connectivity index (χ2n) is 7.48. The van der Waals surface area contributed by atoms with Gasteiger partial charge in [0, 0.05) is 24.3 Å². The van der Waals surface area contributed by atoms with Crippen molar-refractivity contribution in [3.05, 3.63) is 53.1 Å². The van der Waals surface area contributed by atoms with Crippen molar-refractivity contribution >= 4 is 28.9 Å². The molecular weight excluding hydrogens is 360 g/mol. The predicted molar refractivity (Wildman–Crippen MR) is 112 cm³/mol. The summed E-state index contributed by atoms with van der Waals surface area (Å²) in [5, 5.41) is 3.58. The molecule has 1 heterocycles. The number of nitrogens with one attached hydrogen (secondary N) is 1. The molecule has 0 atom stereocenters. The van der Waals surface area contributed by atoms with Crippen LogP contribution in [0.2, 0.25) is 5.02 Å². The Kier molecular flexibility index (Phi) is 6.27. The molecule has 1 fully saturated rings. The number of carbonyl (C=O) groups excluding carboxylic acids is 1. The van der Waals surface area contributed by atoms with E-state index < -0.39 is 0 Å². The summed E-state index contributed by atoms with van der Waals surface area (Å²) in [5.74, 6) is 1.36. The molecule has 0 aliphatic carbocycles. The van der Waals surface area contributed by atoms with Crippen LogP contribution in [0, 0.1) is 5.92 Å². The first-order valence-electron chi connectivity index (χ1n) is 9.55. The molecule has 0 bridgehead atoms.